The molecule has 0 saturated carbocycles. The van der Waals surface area contributed by atoms with Crippen molar-refractivity contribution in [3.8, 4) is 0 Å². The second-order valence-corrected chi connectivity index (χ2v) is 6.54. The maximum absolute atomic E-state index is 12.9. The van der Waals surface area contributed by atoms with Crippen LogP contribution in [-0.2, 0) is 9.53 Å². The Morgan fingerprint density at radius 1 is 1.12 bits per heavy atom. The minimum atomic E-state index is -0.0445. The van der Waals surface area contributed by atoms with Gasteiger partial charge in [0.05, 0.1) is 6.61 Å². The van der Waals surface area contributed by atoms with Gasteiger partial charge < -0.3 is 19.9 Å². The molecule has 1 aromatic rings. The predicted molar refractivity (Wildman–Crippen MR) is 97.8 cm³/mol. The van der Waals surface area contributed by atoms with Gasteiger partial charge in [0.2, 0.25) is 5.91 Å². The van der Waals surface area contributed by atoms with E-state index in [0.29, 0.717) is 31.7 Å². The molecule has 1 fully saturated rings. The third kappa shape index (κ3) is 5.83. The summed E-state index contributed by atoms with van der Waals surface area (Å²) in [5.74, 6) is 0.0640. The number of piperazine rings is 1. The number of nitrogens with one attached hydrogen (secondary N) is 1. The lowest BCUT2D eigenvalue weighted by Crippen LogP contribution is -2.47. The monoisotopic (exact) mass is 347 g/mol. The van der Waals surface area contributed by atoms with Gasteiger partial charge in [0.1, 0.15) is 0 Å². The highest BCUT2D eigenvalue weighted by Crippen LogP contribution is 2.12. The van der Waals surface area contributed by atoms with Crippen LogP contribution in [0.15, 0.2) is 18.2 Å². The molecule has 6 heteroatoms. The van der Waals surface area contributed by atoms with E-state index in [1.807, 2.05) is 36.9 Å². The Hall–Kier alpha value is -1.92. The van der Waals surface area contributed by atoms with Gasteiger partial charge in [-0.1, -0.05) is 17.2 Å². The molecule has 0 aromatic heterocycles. The Labute approximate surface area is 150 Å². The van der Waals surface area contributed by atoms with Gasteiger partial charge in [-0.15, -0.1) is 0 Å². The fourth-order valence-corrected chi connectivity index (χ4v) is 3.10. The Bertz CT molecular complexity index is 577. The first-order valence-corrected chi connectivity index (χ1v) is 8.86. The summed E-state index contributed by atoms with van der Waals surface area (Å²) in [5.41, 5.74) is 2.79. The van der Waals surface area contributed by atoms with E-state index in [1.54, 1.807) is 12.0 Å². The van der Waals surface area contributed by atoms with Gasteiger partial charge in [0, 0.05) is 58.4 Å². The van der Waals surface area contributed by atoms with E-state index in [0.717, 1.165) is 37.3 Å². The molecule has 0 unspecified atom stereocenters. The average molecular weight is 347 g/mol. The molecule has 1 aliphatic rings. The summed E-state index contributed by atoms with van der Waals surface area (Å²) >= 11 is 0. The third-order valence-corrected chi connectivity index (χ3v) is 4.39. The van der Waals surface area contributed by atoms with Crippen molar-refractivity contribution in [2.24, 2.45) is 0 Å². The van der Waals surface area contributed by atoms with Gasteiger partial charge in [-0.05, 0) is 26.0 Å². The highest BCUT2D eigenvalue weighted by Gasteiger charge is 2.20. The SMILES string of the molecule is COCCN(CCC(=O)N1CCNCC1)C(=O)c1cc(C)cc(C)c1. The van der Waals surface area contributed by atoms with E-state index in [-0.39, 0.29) is 11.8 Å². The van der Waals surface area contributed by atoms with Gasteiger partial charge >= 0.3 is 0 Å². The summed E-state index contributed by atoms with van der Waals surface area (Å²) < 4.78 is 5.13. The molecule has 0 bridgehead atoms. The van der Waals surface area contributed by atoms with Gasteiger partial charge in [-0.2, -0.15) is 0 Å². The minimum Gasteiger partial charge on any atom is -0.383 e. The van der Waals surface area contributed by atoms with Crippen LogP contribution in [0.2, 0.25) is 0 Å². The van der Waals surface area contributed by atoms with Crippen LogP contribution in [0.4, 0.5) is 0 Å². The number of hydrogen-bond acceptors (Lipinski definition) is 4. The Morgan fingerprint density at radius 2 is 1.76 bits per heavy atom. The van der Waals surface area contributed by atoms with Crippen LogP contribution in [0.1, 0.15) is 27.9 Å². The lowest BCUT2D eigenvalue weighted by atomic mass is 10.1. The smallest absolute Gasteiger partial charge is 0.253 e. The van der Waals surface area contributed by atoms with Crippen molar-refractivity contribution in [1.29, 1.82) is 0 Å². The van der Waals surface area contributed by atoms with Crippen LogP contribution in [0.25, 0.3) is 0 Å². The van der Waals surface area contributed by atoms with Gasteiger partial charge in [-0.25, -0.2) is 0 Å². The predicted octanol–water partition coefficient (Wildman–Crippen LogP) is 1.21. The summed E-state index contributed by atoms with van der Waals surface area (Å²) in [4.78, 5) is 28.8. The van der Waals surface area contributed by atoms with Crippen molar-refractivity contribution in [1.82, 2.24) is 15.1 Å². The summed E-state index contributed by atoms with van der Waals surface area (Å²) in [5, 5.41) is 3.24. The van der Waals surface area contributed by atoms with E-state index in [2.05, 4.69) is 5.32 Å². The van der Waals surface area contributed by atoms with Gasteiger partial charge in [0.15, 0.2) is 0 Å². The van der Waals surface area contributed by atoms with Crippen LogP contribution >= 0.6 is 0 Å². The lowest BCUT2D eigenvalue weighted by Gasteiger charge is -2.29. The molecule has 2 rings (SSSR count). The number of nitrogens with zero attached hydrogens (tertiary/aromatic N) is 2. The molecule has 138 valence electrons. The first-order valence-electron chi connectivity index (χ1n) is 8.86. The zero-order chi connectivity index (χ0) is 18.2. The second kappa shape index (κ2) is 9.53. The summed E-state index contributed by atoms with van der Waals surface area (Å²) in [6, 6.07) is 5.84. The number of aryl methyl sites for hydroxylation is 2. The second-order valence-electron chi connectivity index (χ2n) is 6.54. The molecule has 1 saturated heterocycles. The van der Waals surface area contributed by atoms with Crippen LogP contribution in [0, 0.1) is 13.8 Å². The topological polar surface area (TPSA) is 61.9 Å². The fraction of sp³-hybridized carbons (Fsp3) is 0.579. The molecule has 0 aliphatic carbocycles. The van der Waals surface area contributed by atoms with E-state index in [4.69, 9.17) is 4.74 Å². The Balaban J connectivity index is 2.01. The standard InChI is InChI=1S/C19H29N3O3/c1-15-12-16(2)14-17(13-15)19(24)22(10-11-25-3)7-4-18(23)21-8-5-20-6-9-21/h12-14,20H,4-11H2,1-3H3. The maximum atomic E-state index is 12.9. The summed E-state index contributed by atoms with van der Waals surface area (Å²) in [7, 11) is 1.62. The number of ether oxygens (including phenoxy) is 1. The number of methoxy groups -OCH3 is 1. The molecular formula is C19H29N3O3. The van der Waals surface area contributed by atoms with E-state index >= 15 is 0 Å². The summed E-state index contributed by atoms with van der Waals surface area (Å²) in [6.07, 6.45) is 0.347. The molecule has 0 radical (unpaired) electrons. The number of carbonyl (C=O) groups excluding carboxylic acids is 2. The average Bonchev–Trinajstić information content (AvgIpc) is 2.61. The van der Waals surface area contributed by atoms with E-state index in [9.17, 15) is 9.59 Å². The Kier molecular flexibility index (Phi) is 7.40. The fourth-order valence-electron chi connectivity index (χ4n) is 3.10. The molecule has 0 spiro atoms. The third-order valence-electron chi connectivity index (χ3n) is 4.39. The number of hydrogen-bond donors (Lipinski definition) is 1. The molecule has 25 heavy (non-hydrogen) atoms. The van der Waals surface area contributed by atoms with Crippen LogP contribution < -0.4 is 5.32 Å². The van der Waals surface area contributed by atoms with Crippen molar-refractivity contribution in [2.75, 3.05) is 53.0 Å². The van der Waals surface area contributed by atoms with E-state index in [1.165, 1.54) is 0 Å². The van der Waals surface area contributed by atoms with Crippen molar-refractivity contribution < 1.29 is 14.3 Å². The number of carbonyl (C=O) groups is 2. The van der Waals surface area contributed by atoms with Crippen molar-refractivity contribution in [2.45, 2.75) is 20.3 Å². The zero-order valence-electron chi connectivity index (χ0n) is 15.5. The van der Waals surface area contributed by atoms with Crippen molar-refractivity contribution >= 4 is 11.8 Å². The molecule has 1 heterocycles. The zero-order valence-corrected chi connectivity index (χ0v) is 15.5. The first kappa shape index (κ1) is 19.4. The molecule has 1 aliphatic heterocycles. The minimum absolute atomic E-state index is 0.0445. The molecule has 1 N–H and O–H groups in total. The summed E-state index contributed by atoms with van der Waals surface area (Å²) in [6.45, 7) is 8.47. The molecule has 0 atom stereocenters. The number of rotatable bonds is 7. The van der Waals surface area contributed by atoms with Crippen molar-refractivity contribution in [3.63, 3.8) is 0 Å². The quantitative estimate of drug-likeness (QED) is 0.805. The largest absolute Gasteiger partial charge is 0.383 e. The Morgan fingerprint density at radius 3 is 2.36 bits per heavy atom. The highest BCUT2D eigenvalue weighted by molar-refractivity contribution is 5.95. The molecule has 2 amide bonds. The van der Waals surface area contributed by atoms with Crippen LogP contribution in [-0.4, -0.2) is 74.6 Å². The molecule has 6 nitrogen and oxygen atoms in total. The molecular weight excluding hydrogens is 318 g/mol. The van der Waals surface area contributed by atoms with Crippen LogP contribution in [0.3, 0.4) is 0 Å². The van der Waals surface area contributed by atoms with Crippen LogP contribution in [0.5, 0.6) is 0 Å². The molecule has 1 aromatic carbocycles. The lowest BCUT2D eigenvalue weighted by molar-refractivity contribution is -0.132. The van der Waals surface area contributed by atoms with Crippen molar-refractivity contribution in [3.05, 3.63) is 34.9 Å². The van der Waals surface area contributed by atoms with Gasteiger partial charge in [-0.3, -0.25) is 9.59 Å². The number of amides is 2. The maximum Gasteiger partial charge on any atom is 0.253 e. The normalized spacial score (nSPS) is 14.4. The first-order chi connectivity index (χ1) is 12.0. The highest BCUT2D eigenvalue weighted by atomic mass is 16.5. The number of benzene rings is 1. The van der Waals surface area contributed by atoms with Gasteiger partial charge in [0.25, 0.3) is 5.91 Å². The van der Waals surface area contributed by atoms with E-state index < -0.39 is 0 Å².